The van der Waals surface area contributed by atoms with E-state index in [2.05, 4.69) is 5.32 Å². The minimum absolute atomic E-state index is 0.0460. The number of anilines is 1. The summed E-state index contributed by atoms with van der Waals surface area (Å²) in [6.45, 7) is 1.39. The highest BCUT2D eigenvalue weighted by Gasteiger charge is 2.12. The van der Waals surface area contributed by atoms with E-state index >= 15 is 0 Å². The standard InChI is InChI=1S/C16H15NO3/c1-12(18)11-20-15-10-6-5-9-14(15)16(19)17-13-7-3-2-4-8-13/h2-10H,11H2,1H3,(H,17,19). The van der Waals surface area contributed by atoms with Gasteiger partial charge in [0.2, 0.25) is 0 Å². The molecule has 0 unspecified atom stereocenters. The average molecular weight is 269 g/mol. The van der Waals surface area contributed by atoms with Crippen molar-refractivity contribution in [1.82, 2.24) is 0 Å². The van der Waals surface area contributed by atoms with E-state index in [4.69, 9.17) is 4.74 Å². The smallest absolute Gasteiger partial charge is 0.259 e. The van der Waals surface area contributed by atoms with Crippen LogP contribution in [0.3, 0.4) is 0 Å². The predicted octanol–water partition coefficient (Wildman–Crippen LogP) is 2.91. The Morgan fingerprint density at radius 2 is 1.65 bits per heavy atom. The van der Waals surface area contributed by atoms with Crippen LogP contribution in [0.5, 0.6) is 5.75 Å². The lowest BCUT2D eigenvalue weighted by Crippen LogP contribution is -2.15. The van der Waals surface area contributed by atoms with Crippen LogP contribution in [-0.2, 0) is 4.79 Å². The van der Waals surface area contributed by atoms with Crippen molar-refractivity contribution < 1.29 is 14.3 Å². The van der Waals surface area contributed by atoms with E-state index in [9.17, 15) is 9.59 Å². The number of carbonyl (C=O) groups excluding carboxylic acids is 2. The first-order chi connectivity index (χ1) is 9.66. The van der Waals surface area contributed by atoms with Crippen molar-refractivity contribution in [1.29, 1.82) is 0 Å². The fraction of sp³-hybridized carbons (Fsp3) is 0.125. The number of ether oxygens (including phenoxy) is 1. The van der Waals surface area contributed by atoms with Crippen molar-refractivity contribution in [3.8, 4) is 5.75 Å². The van der Waals surface area contributed by atoms with Crippen molar-refractivity contribution in [2.45, 2.75) is 6.92 Å². The van der Waals surface area contributed by atoms with Crippen LogP contribution < -0.4 is 10.1 Å². The summed E-state index contributed by atoms with van der Waals surface area (Å²) in [7, 11) is 0. The lowest BCUT2D eigenvalue weighted by Gasteiger charge is -2.10. The van der Waals surface area contributed by atoms with E-state index in [1.807, 2.05) is 18.2 Å². The van der Waals surface area contributed by atoms with E-state index in [0.717, 1.165) is 0 Å². The largest absolute Gasteiger partial charge is 0.485 e. The lowest BCUT2D eigenvalue weighted by atomic mass is 10.2. The van der Waals surface area contributed by atoms with Crippen LogP contribution in [0.15, 0.2) is 54.6 Å². The van der Waals surface area contributed by atoms with Gasteiger partial charge >= 0.3 is 0 Å². The predicted molar refractivity (Wildman–Crippen MR) is 77.0 cm³/mol. The van der Waals surface area contributed by atoms with Crippen LogP contribution in [0.4, 0.5) is 5.69 Å². The minimum atomic E-state index is -0.268. The molecular formula is C16H15NO3. The topological polar surface area (TPSA) is 55.4 Å². The SMILES string of the molecule is CC(=O)COc1ccccc1C(=O)Nc1ccccc1. The number of carbonyl (C=O) groups is 2. The maximum Gasteiger partial charge on any atom is 0.259 e. The second-order valence-corrected chi connectivity index (χ2v) is 4.31. The third kappa shape index (κ3) is 3.68. The molecule has 0 bridgehead atoms. The second-order valence-electron chi connectivity index (χ2n) is 4.31. The molecule has 0 radical (unpaired) electrons. The van der Waals surface area contributed by atoms with Gasteiger partial charge in [0.15, 0.2) is 5.78 Å². The zero-order chi connectivity index (χ0) is 14.4. The molecule has 102 valence electrons. The minimum Gasteiger partial charge on any atom is -0.485 e. The number of hydrogen-bond acceptors (Lipinski definition) is 3. The van der Waals surface area contributed by atoms with Gasteiger partial charge in [-0.2, -0.15) is 0 Å². The molecule has 0 fully saturated rings. The summed E-state index contributed by atoms with van der Waals surface area (Å²) >= 11 is 0. The van der Waals surface area contributed by atoms with Crippen LogP contribution in [0.1, 0.15) is 17.3 Å². The van der Waals surface area contributed by atoms with Crippen LogP contribution >= 0.6 is 0 Å². The zero-order valence-corrected chi connectivity index (χ0v) is 11.1. The molecule has 1 N–H and O–H groups in total. The van der Waals surface area contributed by atoms with E-state index in [1.54, 1.807) is 36.4 Å². The van der Waals surface area contributed by atoms with Crippen LogP contribution in [0, 0.1) is 0 Å². The Morgan fingerprint density at radius 1 is 1.00 bits per heavy atom. The van der Waals surface area contributed by atoms with Crippen LogP contribution in [0.2, 0.25) is 0 Å². The van der Waals surface area contributed by atoms with Gasteiger partial charge in [-0.1, -0.05) is 30.3 Å². The van der Waals surface area contributed by atoms with E-state index in [-0.39, 0.29) is 18.3 Å². The van der Waals surface area contributed by atoms with E-state index in [1.165, 1.54) is 6.92 Å². The Morgan fingerprint density at radius 3 is 2.35 bits per heavy atom. The number of para-hydroxylation sites is 2. The second kappa shape index (κ2) is 6.52. The van der Waals surface area contributed by atoms with Gasteiger partial charge in [-0.3, -0.25) is 9.59 Å². The van der Waals surface area contributed by atoms with Crippen molar-refractivity contribution in [2.75, 3.05) is 11.9 Å². The highest BCUT2D eigenvalue weighted by Crippen LogP contribution is 2.19. The lowest BCUT2D eigenvalue weighted by molar-refractivity contribution is -0.118. The summed E-state index contributed by atoms with van der Waals surface area (Å²) < 4.78 is 5.35. The number of Topliss-reactive ketones (excluding diaryl/α,β-unsaturated/α-hetero) is 1. The molecule has 2 aromatic rings. The summed E-state index contributed by atoms with van der Waals surface area (Å²) in [4.78, 5) is 23.2. The van der Waals surface area contributed by atoms with Gasteiger partial charge in [0.1, 0.15) is 12.4 Å². The molecule has 0 aromatic heterocycles. The highest BCUT2D eigenvalue weighted by atomic mass is 16.5. The summed E-state index contributed by atoms with van der Waals surface area (Å²) in [5, 5.41) is 2.78. The number of rotatable bonds is 5. The normalized spacial score (nSPS) is 9.85. The van der Waals surface area contributed by atoms with Gasteiger partial charge < -0.3 is 10.1 Å². The Kier molecular flexibility index (Phi) is 4.50. The maximum atomic E-state index is 12.2. The molecule has 2 rings (SSSR count). The molecule has 0 spiro atoms. The first kappa shape index (κ1) is 13.8. The Balaban J connectivity index is 2.15. The molecule has 0 heterocycles. The quantitative estimate of drug-likeness (QED) is 0.908. The molecule has 20 heavy (non-hydrogen) atoms. The third-order valence-corrected chi connectivity index (χ3v) is 2.59. The number of ketones is 1. The molecule has 0 aliphatic carbocycles. The molecule has 0 aliphatic rings. The fourth-order valence-corrected chi connectivity index (χ4v) is 1.68. The van der Waals surface area contributed by atoms with Crippen LogP contribution in [0.25, 0.3) is 0 Å². The Labute approximate surface area is 117 Å². The summed E-state index contributed by atoms with van der Waals surface area (Å²) in [5.74, 6) is 0.0368. The zero-order valence-electron chi connectivity index (χ0n) is 11.1. The average Bonchev–Trinajstić information content (AvgIpc) is 2.46. The van der Waals surface area contributed by atoms with Gasteiger partial charge in [0.25, 0.3) is 5.91 Å². The maximum absolute atomic E-state index is 12.2. The van der Waals surface area contributed by atoms with E-state index < -0.39 is 0 Å². The summed E-state index contributed by atoms with van der Waals surface area (Å²) in [6.07, 6.45) is 0. The number of nitrogens with one attached hydrogen (secondary N) is 1. The molecule has 0 aliphatic heterocycles. The molecular weight excluding hydrogens is 254 g/mol. The molecule has 1 amide bonds. The molecule has 4 heteroatoms. The van der Waals surface area contributed by atoms with Crippen molar-refractivity contribution in [3.05, 3.63) is 60.2 Å². The monoisotopic (exact) mass is 269 g/mol. The Bertz CT molecular complexity index is 608. The highest BCUT2D eigenvalue weighted by molar-refractivity contribution is 6.06. The first-order valence-electron chi connectivity index (χ1n) is 6.24. The Hall–Kier alpha value is -2.62. The molecule has 2 aromatic carbocycles. The van der Waals surface area contributed by atoms with Gasteiger partial charge in [0, 0.05) is 5.69 Å². The molecule has 0 saturated carbocycles. The molecule has 0 atom stereocenters. The summed E-state index contributed by atoms with van der Waals surface area (Å²) in [6, 6.07) is 16.0. The van der Waals surface area contributed by atoms with E-state index in [0.29, 0.717) is 17.0 Å². The van der Waals surface area contributed by atoms with Gasteiger partial charge in [-0.05, 0) is 31.2 Å². The van der Waals surface area contributed by atoms with Gasteiger partial charge in [-0.15, -0.1) is 0 Å². The molecule has 4 nitrogen and oxygen atoms in total. The van der Waals surface area contributed by atoms with Crippen molar-refractivity contribution in [3.63, 3.8) is 0 Å². The number of hydrogen-bond donors (Lipinski definition) is 1. The van der Waals surface area contributed by atoms with Gasteiger partial charge in [-0.25, -0.2) is 0 Å². The molecule has 0 saturated heterocycles. The van der Waals surface area contributed by atoms with Crippen molar-refractivity contribution >= 4 is 17.4 Å². The van der Waals surface area contributed by atoms with Crippen LogP contribution in [-0.4, -0.2) is 18.3 Å². The first-order valence-corrected chi connectivity index (χ1v) is 6.24. The van der Waals surface area contributed by atoms with Gasteiger partial charge in [0.05, 0.1) is 5.56 Å². The van der Waals surface area contributed by atoms with Crippen molar-refractivity contribution in [2.24, 2.45) is 0 Å². The fourth-order valence-electron chi connectivity index (χ4n) is 1.68. The third-order valence-electron chi connectivity index (χ3n) is 2.59. The number of amides is 1. The summed E-state index contributed by atoms with van der Waals surface area (Å²) in [5.41, 5.74) is 1.11. The number of benzene rings is 2.